The van der Waals surface area contributed by atoms with Crippen LogP contribution in [0.2, 0.25) is 0 Å². The highest BCUT2D eigenvalue weighted by Crippen LogP contribution is 1.74. The van der Waals surface area contributed by atoms with Gasteiger partial charge in [0.2, 0.25) is 5.82 Å². The zero-order valence-corrected chi connectivity index (χ0v) is 9.17. The van der Waals surface area contributed by atoms with Crippen LogP contribution in [0.15, 0.2) is 31.6 Å². The Morgan fingerprint density at radius 3 is 1.78 bits per heavy atom. The second kappa shape index (κ2) is 5.57. The first-order valence-electron chi connectivity index (χ1n) is 4.66. The van der Waals surface area contributed by atoms with Gasteiger partial charge in [0.25, 0.3) is 11.1 Å². The van der Waals surface area contributed by atoms with Crippen molar-refractivity contribution in [2.45, 2.75) is 6.92 Å². The van der Waals surface area contributed by atoms with Crippen molar-refractivity contribution in [3.05, 3.63) is 65.5 Å². The minimum absolute atomic E-state index is 0.334. The molecule has 0 unspecified atom stereocenters. The lowest BCUT2D eigenvalue weighted by atomic mass is 10.4. The van der Waals surface area contributed by atoms with Crippen LogP contribution < -0.4 is 22.5 Å². The van der Waals surface area contributed by atoms with Crippen molar-refractivity contribution in [1.29, 1.82) is 0 Å². The first kappa shape index (κ1) is 13.4. The van der Waals surface area contributed by atoms with Crippen LogP contribution in [-0.2, 0) is 0 Å². The number of H-pyrrole nitrogens is 4. The Hall–Kier alpha value is -2.71. The first-order chi connectivity index (χ1) is 8.40. The summed E-state index contributed by atoms with van der Waals surface area (Å²) < 4.78 is 12.0. The maximum Gasteiger partial charge on any atom is 0.325 e. The number of rotatable bonds is 0. The fourth-order valence-electron chi connectivity index (χ4n) is 0.870. The van der Waals surface area contributed by atoms with Crippen LogP contribution in [0.3, 0.4) is 0 Å². The highest BCUT2D eigenvalue weighted by molar-refractivity contribution is 4.98. The maximum absolute atomic E-state index is 12.0. The van der Waals surface area contributed by atoms with E-state index in [4.69, 9.17) is 0 Å². The van der Waals surface area contributed by atoms with Gasteiger partial charge in [0.1, 0.15) is 0 Å². The van der Waals surface area contributed by atoms with Gasteiger partial charge in [0.15, 0.2) is 0 Å². The summed E-state index contributed by atoms with van der Waals surface area (Å²) in [5.74, 6) is -0.991. The number of hydrogen-bond donors (Lipinski definition) is 4. The van der Waals surface area contributed by atoms with Crippen LogP contribution in [0.5, 0.6) is 0 Å². The van der Waals surface area contributed by atoms with Crippen molar-refractivity contribution in [2.24, 2.45) is 0 Å². The number of nitrogens with one attached hydrogen (secondary N) is 4. The summed E-state index contributed by atoms with van der Waals surface area (Å²) in [7, 11) is 0. The smallest absolute Gasteiger partial charge is 0.314 e. The average Bonchev–Trinajstić information content (AvgIpc) is 2.30. The summed E-state index contributed by atoms with van der Waals surface area (Å²) in [4.78, 5) is 49.3. The number of hydrogen-bond acceptors (Lipinski definition) is 4. The molecule has 2 rings (SSSR count). The van der Waals surface area contributed by atoms with Crippen molar-refractivity contribution >= 4 is 0 Å². The number of aromatic nitrogens is 4. The van der Waals surface area contributed by atoms with Crippen molar-refractivity contribution < 1.29 is 4.39 Å². The summed E-state index contributed by atoms with van der Waals surface area (Å²) in [6, 6.07) is 0. The van der Waals surface area contributed by atoms with Crippen molar-refractivity contribution in [3.8, 4) is 0 Å². The fourth-order valence-corrected chi connectivity index (χ4v) is 0.870. The lowest BCUT2D eigenvalue weighted by Gasteiger charge is -1.84. The second-order valence-corrected chi connectivity index (χ2v) is 3.17. The Labute approximate surface area is 97.5 Å². The van der Waals surface area contributed by atoms with Crippen LogP contribution in [0.25, 0.3) is 0 Å². The number of aryl methyl sites for hydroxylation is 1. The third-order valence-electron chi connectivity index (χ3n) is 1.78. The summed E-state index contributed by atoms with van der Waals surface area (Å²) in [6.07, 6.45) is 2.09. The molecule has 2 aromatic rings. The van der Waals surface area contributed by atoms with Gasteiger partial charge < -0.3 is 9.97 Å². The van der Waals surface area contributed by atoms with Crippen molar-refractivity contribution in [3.63, 3.8) is 0 Å². The zero-order chi connectivity index (χ0) is 13.7. The molecule has 18 heavy (non-hydrogen) atoms. The standard InChI is InChI=1S/C5H6N2O2.C4H3FN2O2/c1-3-2-6-5(9)7-4(3)8;5-2-1-6-4(9)7-3(2)8/h2H,1H3,(H2,6,7,8,9);1H,(H2,6,7,8,9). The first-order valence-corrected chi connectivity index (χ1v) is 4.66. The average molecular weight is 256 g/mol. The predicted molar refractivity (Wildman–Crippen MR) is 60.1 cm³/mol. The highest BCUT2D eigenvalue weighted by Gasteiger charge is 1.93. The normalized spacial score (nSPS) is 9.44. The van der Waals surface area contributed by atoms with Crippen LogP contribution in [0.1, 0.15) is 5.56 Å². The van der Waals surface area contributed by atoms with E-state index in [2.05, 4.69) is 9.97 Å². The van der Waals surface area contributed by atoms with Gasteiger partial charge in [-0.3, -0.25) is 19.6 Å². The van der Waals surface area contributed by atoms with Crippen LogP contribution in [0, 0.1) is 12.7 Å². The lowest BCUT2D eigenvalue weighted by Crippen LogP contribution is -2.23. The maximum atomic E-state index is 12.0. The Morgan fingerprint density at radius 1 is 0.889 bits per heavy atom. The molecule has 0 bridgehead atoms. The van der Waals surface area contributed by atoms with E-state index in [1.807, 2.05) is 4.98 Å². The van der Waals surface area contributed by atoms with E-state index < -0.39 is 22.8 Å². The molecule has 0 saturated carbocycles. The van der Waals surface area contributed by atoms with E-state index in [0.717, 1.165) is 0 Å². The van der Waals surface area contributed by atoms with Gasteiger partial charge in [0, 0.05) is 18.0 Å². The Kier molecular flexibility index (Phi) is 4.13. The molecule has 2 heterocycles. The van der Waals surface area contributed by atoms with E-state index >= 15 is 0 Å². The Morgan fingerprint density at radius 2 is 1.39 bits per heavy atom. The molecular formula is C9H9FN4O4. The largest absolute Gasteiger partial charge is 0.325 e. The van der Waals surface area contributed by atoms with Gasteiger partial charge in [-0.1, -0.05) is 0 Å². The minimum Gasteiger partial charge on any atom is -0.314 e. The van der Waals surface area contributed by atoms with E-state index in [1.54, 1.807) is 11.9 Å². The molecule has 0 radical (unpaired) electrons. The molecular weight excluding hydrogens is 247 g/mol. The Bertz CT molecular complexity index is 689. The van der Waals surface area contributed by atoms with Gasteiger partial charge in [-0.05, 0) is 6.92 Å². The van der Waals surface area contributed by atoms with Crippen LogP contribution in [-0.4, -0.2) is 19.9 Å². The predicted octanol–water partition coefficient (Wildman–Crippen LogP) is -1.43. The quantitative estimate of drug-likeness (QED) is 0.460. The Balaban J connectivity index is 0.000000180. The third kappa shape index (κ3) is 3.70. The second-order valence-electron chi connectivity index (χ2n) is 3.17. The highest BCUT2D eigenvalue weighted by atomic mass is 19.1. The molecule has 4 N–H and O–H groups in total. The molecule has 0 aliphatic heterocycles. The molecule has 0 saturated heterocycles. The van der Waals surface area contributed by atoms with Crippen LogP contribution in [0.4, 0.5) is 4.39 Å². The summed E-state index contributed by atoms with van der Waals surface area (Å²) in [5, 5.41) is 0. The fraction of sp³-hybridized carbons (Fsp3) is 0.111. The van der Waals surface area contributed by atoms with Crippen molar-refractivity contribution in [1.82, 2.24) is 19.9 Å². The molecule has 0 aliphatic carbocycles. The van der Waals surface area contributed by atoms with Crippen LogP contribution >= 0.6 is 0 Å². The van der Waals surface area contributed by atoms with E-state index in [1.165, 1.54) is 6.20 Å². The van der Waals surface area contributed by atoms with Gasteiger partial charge in [-0.15, -0.1) is 0 Å². The molecule has 0 atom stereocenters. The third-order valence-corrected chi connectivity index (χ3v) is 1.78. The summed E-state index contributed by atoms with van der Waals surface area (Å²) in [5.41, 5.74) is -2.00. The van der Waals surface area contributed by atoms with Gasteiger partial charge in [0.05, 0.1) is 0 Å². The molecule has 0 aromatic carbocycles. The van der Waals surface area contributed by atoms with E-state index in [-0.39, 0.29) is 5.56 Å². The number of halogens is 1. The van der Waals surface area contributed by atoms with Crippen molar-refractivity contribution in [2.75, 3.05) is 0 Å². The zero-order valence-electron chi connectivity index (χ0n) is 9.17. The monoisotopic (exact) mass is 256 g/mol. The van der Waals surface area contributed by atoms with E-state index in [0.29, 0.717) is 11.8 Å². The number of aromatic amines is 4. The van der Waals surface area contributed by atoms with Gasteiger partial charge >= 0.3 is 11.4 Å². The molecule has 2 aromatic heterocycles. The molecule has 0 amide bonds. The summed E-state index contributed by atoms with van der Waals surface area (Å²) >= 11 is 0. The SMILES string of the molecule is Cc1c[nH]c(=O)[nH]c1=O.O=c1[nH]cc(F)c(=O)[nH]1. The molecule has 0 fully saturated rings. The molecule has 8 nitrogen and oxygen atoms in total. The minimum atomic E-state index is -1.00. The molecule has 0 aliphatic rings. The molecule has 0 spiro atoms. The molecule has 9 heteroatoms. The molecule has 96 valence electrons. The van der Waals surface area contributed by atoms with Gasteiger partial charge in [-0.2, -0.15) is 4.39 Å². The van der Waals surface area contributed by atoms with E-state index in [9.17, 15) is 23.6 Å². The van der Waals surface area contributed by atoms with Gasteiger partial charge in [-0.25, -0.2) is 9.59 Å². The topological polar surface area (TPSA) is 131 Å². The summed E-state index contributed by atoms with van der Waals surface area (Å²) in [6.45, 7) is 1.62. The lowest BCUT2D eigenvalue weighted by molar-refractivity contribution is 0.597.